The first kappa shape index (κ1) is 10.8. The lowest BCUT2D eigenvalue weighted by Gasteiger charge is -2.09. The molecule has 0 unspecified atom stereocenters. The van der Waals surface area contributed by atoms with Crippen molar-refractivity contribution in [3.05, 3.63) is 53.5 Å². The SMILES string of the molecule is CCc1ccccc1NCc1occc1C. The molecule has 84 valence electrons. The van der Waals surface area contributed by atoms with Gasteiger partial charge >= 0.3 is 0 Å². The van der Waals surface area contributed by atoms with Crippen LogP contribution in [0.5, 0.6) is 0 Å². The third kappa shape index (κ3) is 2.27. The van der Waals surface area contributed by atoms with Gasteiger partial charge in [0.25, 0.3) is 0 Å². The zero-order valence-electron chi connectivity index (χ0n) is 9.79. The topological polar surface area (TPSA) is 25.2 Å². The van der Waals surface area contributed by atoms with Crippen LogP contribution in [0.25, 0.3) is 0 Å². The highest BCUT2D eigenvalue weighted by molar-refractivity contribution is 5.51. The lowest BCUT2D eigenvalue weighted by molar-refractivity contribution is 0.515. The standard InChI is InChI=1S/C14H17NO/c1-3-12-6-4-5-7-13(12)15-10-14-11(2)8-9-16-14/h4-9,15H,3,10H2,1-2H3. The van der Waals surface area contributed by atoms with Gasteiger partial charge in [-0.25, -0.2) is 0 Å². The number of para-hydroxylation sites is 1. The average Bonchev–Trinajstić information content (AvgIpc) is 2.72. The Balaban J connectivity index is 2.07. The van der Waals surface area contributed by atoms with E-state index in [1.165, 1.54) is 16.8 Å². The van der Waals surface area contributed by atoms with Crippen LogP contribution in [0.1, 0.15) is 23.8 Å². The van der Waals surface area contributed by atoms with E-state index in [9.17, 15) is 0 Å². The van der Waals surface area contributed by atoms with Crippen LogP contribution < -0.4 is 5.32 Å². The molecule has 0 atom stereocenters. The van der Waals surface area contributed by atoms with E-state index < -0.39 is 0 Å². The zero-order chi connectivity index (χ0) is 11.4. The molecule has 0 aliphatic rings. The second-order valence-corrected chi connectivity index (χ2v) is 3.89. The number of aryl methyl sites for hydroxylation is 2. The average molecular weight is 215 g/mol. The van der Waals surface area contributed by atoms with Gasteiger partial charge in [-0.15, -0.1) is 0 Å². The Morgan fingerprint density at radius 2 is 2.00 bits per heavy atom. The first-order valence-electron chi connectivity index (χ1n) is 5.66. The number of anilines is 1. The molecule has 0 fully saturated rings. The molecule has 2 rings (SSSR count). The van der Waals surface area contributed by atoms with Gasteiger partial charge in [-0.2, -0.15) is 0 Å². The number of hydrogen-bond acceptors (Lipinski definition) is 2. The van der Waals surface area contributed by atoms with E-state index in [0.29, 0.717) is 0 Å². The van der Waals surface area contributed by atoms with E-state index in [1.54, 1.807) is 6.26 Å². The maximum Gasteiger partial charge on any atom is 0.125 e. The van der Waals surface area contributed by atoms with Gasteiger partial charge in [0.05, 0.1) is 12.8 Å². The molecule has 1 N–H and O–H groups in total. The molecule has 16 heavy (non-hydrogen) atoms. The van der Waals surface area contributed by atoms with Crippen LogP contribution in [0.15, 0.2) is 41.0 Å². The normalized spacial score (nSPS) is 10.4. The molecule has 0 spiro atoms. The Labute approximate surface area is 96.3 Å². The summed E-state index contributed by atoms with van der Waals surface area (Å²) in [6.07, 6.45) is 2.78. The minimum Gasteiger partial charge on any atom is -0.467 e. The smallest absolute Gasteiger partial charge is 0.125 e. The number of nitrogens with one attached hydrogen (secondary N) is 1. The highest BCUT2D eigenvalue weighted by Gasteiger charge is 2.03. The third-order valence-electron chi connectivity index (χ3n) is 2.81. The van der Waals surface area contributed by atoms with E-state index in [4.69, 9.17) is 4.42 Å². The Bertz CT molecular complexity index is 459. The zero-order valence-corrected chi connectivity index (χ0v) is 9.79. The molecule has 0 amide bonds. The molecule has 0 saturated heterocycles. The first-order chi connectivity index (χ1) is 7.81. The molecule has 2 aromatic rings. The van der Waals surface area contributed by atoms with Crippen LogP contribution in [0.4, 0.5) is 5.69 Å². The molecule has 1 aromatic heterocycles. The summed E-state index contributed by atoms with van der Waals surface area (Å²) in [6, 6.07) is 10.4. The monoisotopic (exact) mass is 215 g/mol. The van der Waals surface area contributed by atoms with Crippen molar-refractivity contribution in [3.8, 4) is 0 Å². The van der Waals surface area contributed by atoms with Gasteiger partial charge in [0.1, 0.15) is 5.76 Å². The quantitative estimate of drug-likeness (QED) is 0.840. The summed E-state index contributed by atoms with van der Waals surface area (Å²) < 4.78 is 5.40. The second kappa shape index (κ2) is 4.88. The van der Waals surface area contributed by atoms with Gasteiger partial charge in [-0.1, -0.05) is 25.1 Å². The summed E-state index contributed by atoms with van der Waals surface area (Å²) in [6.45, 7) is 4.97. The molecule has 0 saturated carbocycles. The minimum atomic E-state index is 0.746. The number of furan rings is 1. The van der Waals surface area contributed by atoms with Gasteiger partial charge in [-0.05, 0) is 36.6 Å². The number of benzene rings is 1. The van der Waals surface area contributed by atoms with E-state index in [0.717, 1.165) is 18.7 Å². The molecule has 2 nitrogen and oxygen atoms in total. The van der Waals surface area contributed by atoms with Crippen LogP contribution in [0.3, 0.4) is 0 Å². The van der Waals surface area contributed by atoms with Crippen LogP contribution >= 0.6 is 0 Å². The Hall–Kier alpha value is -1.70. The van der Waals surface area contributed by atoms with Crippen molar-refractivity contribution < 1.29 is 4.42 Å². The summed E-state index contributed by atoms with van der Waals surface area (Å²) in [5, 5.41) is 3.41. The van der Waals surface area contributed by atoms with Gasteiger partial charge in [0, 0.05) is 5.69 Å². The Morgan fingerprint density at radius 3 is 2.69 bits per heavy atom. The van der Waals surface area contributed by atoms with Crippen LogP contribution in [-0.2, 0) is 13.0 Å². The maximum atomic E-state index is 5.40. The van der Waals surface area contributed by atoms with E-state index >= 15 is 0 Å². The summed E-state index contributed by atoms with van der Waals surface area (Å²) in [7, 11) is 0. The second-order valence-electron chi connectivity index (χ2n) is 3.89. The van der Waals surface area contributed by atoms with Crippen molar-refractivity contribution >= 4 is 5.69 Å². The van der Waals surface area contributed by atoms with E-state index in [2.05, 4.69) is 43.4 Å². The highest BCUT2D eigenvalue weighted by atomic mass is 16.3. The van der Waals surface area contributed by atoms with Gasteiger partial charge in [0.2, 0.25) is 0 Å². The fourth-order valence-corrected chi connectivity index (χ4v) is 1.76. The fraction of sp³-hybridized carbons (Fsp3) is 0.286. The van der Waals surface area contributed by atoms with Gasteiger partial charge < -0.3 is 9.73 Å². The lowest BCUT2D eigenvalue weighted by atomic mass is 10.1. The molecule has 0 bridgehead atoms. The Kier molecular flexibility index (Phi) is 3.30. The highest BCUT2D eigenvalue weighted by Crippen LogP contribution is 2.17. The van der Waals surface area contributed by atoms with Crippen molar-refractivity contribution in [2.45, 2.75) is 26.8 Å². The summed E-state index contributed by atoms with van der Waals surface area (Å²) in [5.41, 5.74) is 3.73. The van der Waals surface area contributed by atoms with Crippen molar-refractivity contribution in [1.29, 1.82) is 0 Å². The fourth-order valence-electron chi connectivity index (χ4n) is 1.76. The Morgan fingerprint density at radius 1 is 1.19 bits per heavy atom. The largest absolute Gasteiger partial charge is 0.467 e. The number of rotatable bonds is 4. The van der Waals surface area contributed by atoms with Crippen molar-refractivity contribution in [2.24, 2.45) is 0 Å². The van der Waals surface area contributed by atoms with Crippen LogP contribution in [0, 0.1) is 6.92 Å². The summed E-state index contributed by atoms with van der Waals surface area (Å²) >= 11 is 0. The minimum absolute atomic E-state index is 0.746. The summed E-state index contributed by atoms with van der Waals surface area (Å²) in [5.74, 6) is 1.01. The molecular formula is C14H17NO. The maximum absolute atomic E-state index is 5.40. The van der Waals surface area contributed by atoms with E-state index in [-0.39, 0.29) is 0 Å². The summed E-state index contributed by atoms with van der Waals surface area (Å²) in [4.78, 5) is 0. The molecule has 1 heterocycles. The molecule has 0 aliphatic heterocycles. The predicted octanol–water partition coefficient (Wildman–Crippen LogP) is 3.76. The van der Waals surface area contributed by atoms with Gasteiger partial charge in [-0.3, -0.25) is 0 Å². The van der Waals surface area contributed by atoms with Crippen molar-refractivity contribution in [2.75, 3.05) is 5.32 Å². The third-order valence-corrected chi connectivity index (χ3v) is 2.81. The molecule has 1 aromatic carbocycles. The van der Waals surface area contributed by atoms with Crippen molar-refractivity contribution in [1.82, 2.24) is 0 Å². The molecule has 2 heteroatoms. The van der Waals surface area contributed by atoms with Gasteiger partial charge in [0.15, 0.2) is 0 Å². The van der Waals surface area contributed by atoms with Crippen LogP contribution in [-0.4, -0.2) is 0 Å². The number of hydrogen-bond donors (Lipinski definition) is 1. The van der Waals surface area contributed by atoms with E-state index in [1.807, 2.05) is 6.07 Å². The predicted molar refractivity (Wildman–Crippen MR) is 66.6 cm³/mol. The van der Waals surface area contributed by atoms with Crippen molar-refractivity contribution in [3.63, 3.8) is 0 Å². The first-order valence-corrected chi connectivity index (χ1v) is 5.66. The van der Waals surface area contributed by atoms with Crippen LogP contribution in [0.2, 0.25) is 0 Å². The lowest BCUT2D eigenvalue weighted by Crippen LogP contribution is -2.01. The molecular weight excluding hydrogens is 198 g/mol. The molecule has 0 aliphatic carbocycles. The molecule has 0 radical (unpaired) electrons.